The zero-order valence-electron chi connectivity index (χ0n) is 5.88. The van der Waals surface area contributed by atoms with Crippen molar-refractivity contribution in [2.75, 3.05) is 0 Å². The number of hydroxylamine groups is 2. The van der Waals surface area contributed by atoms with Crippen LogP contribution >= 0.6 is 0 Å². The average Bonchev–Trinajstić information content (AvgIpc) is 2.09. The highest BCUT2D eigenvalue weighted by atomic mass is 16.5. The van der Waals surface area contributed by atoms with E-state index in [0.29, 0.717) is 5.06 Å². The van der Waals surface area contributed by atoms with Crippen molar-refractivity contribution in [2.45, 2.75) is 0 Å². The molecule has 0 amide bonds. The Kier molecular flexibility index (Phi) is 2.30. The lowest BCUT2D eigenvalue weighted by Crippen LogP contribution is -2.15. The maximum Gasteiger partial charge on any atom is 0.159 e. The van der Waals surface area contributed by atoms with Crippen LogP contribution < -0.4 is 0 Å². The molecule has 0 bridgehead atoms. The van der Waals surface area contributed by atoms with Gasteiger partial charge in [-0.25, -0.2) is 10.1 Å². The van der Waals surface area contributed by atoms with E-state index in [2.05, 4.69) is 10.2 Å². The van der Waals surface area contributed by atoms with Crippen LogP contribution in [-0.4, -0.2) is 16.5 Å². The number of rotatable bonds is 1. The van der Waals surface area contributed by atoms with Gasteiger partial charge in [0.2, 0.25) is 0 Å². The van der Waals surface area contributed by atoms with Crippen LogP contribution in [0.15, 0.2) is 34.0 Å². The molecule has 1 N–H and O–H groups in total. The summed E-state index contributed by atoms with van der Waals surface area (Å²) in [6.07, 6.45) is 3.13. The summed E-state index contributed by atoms with van der Waals surface area (Å²) in [5.74, 6) is 0. The third-order valence-electron chi connectivity index (χ3n) is 1.14. The van der Waals surface area contributed by atoms with Crippen molar-refractivity contribution in [2.24, 2.45) is 10.2 Å². The van der Waals surface area contributed by atoms with Crippen LogP contribution in [0.5, 0.6) is 0 Å². The molecule has 0 aromatic carbocycles. The first-order chi connectivity index (χ1) is 5.77. The van der Waals surface area contributed by atoms with Gasteiger partial charge >= 0.3 is 0 Å². The van der Waals surface area contributed by atoms with Gasteiger partial charge in [0.1, 0.15) is 11.8 Å². The van der Waals surface area contributed by atoms with Gasteiger partial charge in [-0.3, -0.25) is 5.21 Å². The zero-order valence-corrected chi connectivity index (χ0v) is 5.88. The molecule has 0 saturated heterocycles. The van der Waals surface area contributed by atoms with Gasteiger partial charge in [0.05, 0.1) is 18.6 Å². The molecule has 1 aliphatic heterocycles. The summed E-state index contributed by atoms with van der Waals surface area (Å²) in [6.45, 7) is 0. The Morgan fingerprint density at radius 3 is 3.08 bits per heavy atom. The lowest BCUT2D eigenvalue weighted by molar-refractivity contribution is 0.00208. The fourth-order valence-corrected chi connectivity index (χ4v) is 0.623. The zero-order chi connectivity index (χ0) is 8.97. The number of hydrogen-bond donors (Lipinski definition) is 1. The van der Waals surface area contributed by atoms with Crippen molar-refractivity contribution in [3.05, 3.63) is 28.7 Å². The van der Waals surface area contributed by atoms with Crippen molar-refractivity contribution >= 4 is 6.21 Å². The molecule has 0 radical (unpaired) electrons. The number of nitroso groups, excluding NO2 is 1. The molecule has 1 aliphatic rings. The minimum Gasteiger partial charge on any atom is -0.284 e. The van der Waals surface area contributed by atoms with Crippen LogP contribution in [-0.2, 0) is 0 Å². The van der Waals surface area contributed by atoms with Crippen LogP contribution in [0, 0.1) is 16.2 Å². The van der Waals surface area contributed by atoms with Gasteiger partial charge in [0.25, 0.3) is 0 Å². The molecule has 0 aromatic heterocycles. The average molecular weight is 164 g/mol. The fraction of sp³-hybridized carbons (Fsp3) is 0. The second kappa shape index (κ2) is 3.41. The van der Waals surface area contributed by atoms with Gasteiger partial charge in [0.15, 0.2) is 5.70 Å². The van der Waals surface area contributed by atoms with Gasteiger partial charge in [-0.05, 0) is 5.18 Å². The Labute approximate surface area is 67.7 Å². The summed E-state index contributed by atoms with van der Waals surface area (Å²) in [7, 11) is 0. The van der Waals surface area contributed by atoms with Crippen molar-refractivity contribution in [1.29, 1.82) is 5.26 Å². The van der Waals surface area contributed by atoms with Gasteiger partial charge in [-0.2, -0.15) is 5.26 Å². The standard InChI is InChI=1S/C6H4N4O2/c7-1-5-4-10(12)6(2-8-5)3-9-11/h2-4,12H/b6-3-. The second-order valence-corrected chi connectivity index (χ2v) is 1.89. The predicted molar refractivity (Wildman–Crippen MR) is 39.7 cm³/mol. The Bertz CT molecular complexity index is 323. The smallest absolute Gasteiger partial charge is 0.159 e. The molecule has 0 aliphatic carbocycles. The Morgan fingerprint density at radius 1 is 1.83 bits per heavy atom. The van der Waals surface area contributed by atoms with E-state index < -0.39 is 0 Å². The van der Waals surface area contributed by atoms with Crippen LogP contribution in [0.25, 0.3) is 0 Å². The molecule has 6 heteroatoms. The number of hydrogen-bond acceptors (Lipinski definition) is 6. The molecule has 0 spiro atoms. The highest BCUT2D eigenvalue weighted by molar-refractivity contribution is 5.80. The molecule has 0 atom stereocenters. The summed E-state index contributed by atoms with van der Waals surface area (Å²) in [6, 6.07) is 1.72. The molecule has 60 valence electrons. The molecule has 0 saturated carbocycles. The van der Waals surface area contributed by atoms with E-state index in [-0.39, 0.29) is 11.4 Å². The maximum atomic E-state index is 9.76. The highest BCUT2D eigenvalue weighted by Crippen LogP contribution is 2.09. The van der Waals surface area contributed by atoms with E-state index in [1.165, 1.54) is 6.21 Å². The first-order valence-corrected chi connectivity index (χ1v) is 2.94. The number of nitrogens with zero attached hydrogens (tertiary/aromatic N) is 4. The van der Waals surface area contributed by atoms with Crippen molar-refractivity contribution in [3.63, 3.8) is 0 Å². The highest BCUT2D eigenvalue weighted by Gasteiger charge is 2.08. The molecular formula is C6H4N4O2. The minimum absolute atomic E-state index is 0.0561. The molecule has 6 nitrogen and oxygen atoms in total. The molecule has 0 aromatic rings. The fourth-order valence-electron chi connectivity index (χ4n) is 0.623. The summed E-state index contributed by atoms with van der Waals surface area (Å²) in [4.78, 5) is 13.4. The van der Waals surface area contributed by atoms with Crippen molar-refractivity contribution < 1.29 is 5.21 Å². The first kappa shape index (κ1) is 8.10. The Hall–Kier alpha value is -2.00. The Morgan fingerprint density at radius 2 is 2.58 bits per heavy atom. The lowest BCUT2D eigenvalue weighted by atomic mass is 10.4. The molecule has 0 unspecified atom stereocenters. The quantitative estimate of drug-likeness (QED) is 0.578. The molecule has 0 fully saturated rings. The van der Waals surface area contributed by atoms with E-state index in [0.717, 1.165) is 12.4 Å². The van der Waals surface area contributed by atoms with E-state index >= 15 is 0 Å². The molecule has 1 rings (SSSR count). The van der Waals surface area contributed by atoms with Crippen LogP contribution in [0.2, 0.25) is 0 Å². The van der Waals surface area contributed by atoms with Crippen LogP contribution in [0.1, 0.15) is 0 Å². The monoisotopic (exact) mass is 164 g/mol. The predicted octanol–water partition coefficient (Wildman–Crippen LogP) is 0.735. The normalized spacial score (nSPS) is 18.8. The van der Waals surface area contributed by atoms with Crippen molar-refractivity contribution in [3.8, 4) is 6.07 Å². The van der Waals surface area contributed by atoms with E-state index in [9.17, 15) is 4.91 Å². The van der Waals surface area contributed by atoms with E-state index in [1.54, 1.807) is 6.07 Å². The van der Waals surface area contributed by atoms with E-state index in [4.69, 9.17) is 10.5 Å². The molecular weight excluding hydrogens is 160 g/mol. The SMILES string of the molecule is N#CC1=CN(O)/C(=C\N=O)C=N1. The topological polar surface area (TPSA) is 89.0 Å². The van der Waals surface area contributed by atoms with E-state index in [1.807, 2.05) is 0 Å². The number of allylic oxidation sites excluding steroid dienone is 2. The second-order valence-electron chi connectivity index (χ2n) is 1.89. The first-order valence-electron chi connectivity index (χ1n) is 2.94. The summed E-state index contributed by atoms with van der Waals surface area (Å²) < 4.78 is 0. The van der Waals surface area contributed by atoms with Gasteiger partial charge in [-0.15, -0.1) is 4.91 Å². The summed E-state index contributed by atoms with van der Waals surface area (Å²) in [5, 5.41) is 20.4. The molecule has 1 heterocycles. The van der Waals surface area contributed by atoms with Crippen molar-refractivity contribution in [1.82, 2.24) is 5.06 Å². The van der Waals surface area contributed by atoms with Crippen LogP contribution in [0.3, 0.4) is 0 Å². The summed E-state index contributed by atoms with van der Waals surface area (Å²) >= 11 is 0. The lowest BCUT2D eigenvalue weighted by Gasteiger charge is -2.13. The Balaban J connectivity index is 2.90. The van der Waals surface area contributed by atoms with Gasteiger partial charge in [0, 0.05) is 0 Å². The third-order valence-corrected chi connectivity index (χ3v) is 1.14. The largest absolute Gasteiger partial charge is 0.284 e. The molecule has 12 heavy (non-hydrogen) atoms. The number of nitriles is 1. The van der Waals surface area contributed by atoms with Gasteiger partial charge < -0.3 is 0 Å². The number of aliphatic imine (C=N–C) groups is 1. The minimum atomic E-state index is 0.0561. The maximum absolute atomic E-state index is 9.76. The summed E-state index contributed by atoms with van der Waals surface area (Å²) in [5.41, 5.74) is 0.171. The van der Waals surface area contributed by atoms with Crippen LogP contribution in [0.4, 0.5) is 0 Å². The third kappa shape index (κ3) is 1.53. The van der Waals surface area contributed by atoms with Gasteiger partial charge in [-0.1, -0.05) is 0 Å².